The smallest absolute Gasteiger partial charge is 0.151 e. The molecule has 1 aliphatic rings. The first kappa shape index (κ1) is 18.9. The van der Waals surface area contributed by atoms with E-state index < -0.39 is 9.84 Å². The first-order valence-electron chi connectivity index (χ1n) is 8.23. The van der Waals surface area contributed by atoms with Gasteiger partial charge in [-0.3, -0.25) is 4.90 Å². The van der Waals surface area contributed by atoms with Crippen molar-refractivity contribution in [1.29, 1.82) is 0 Å². The van der Waals surface area contributed by atoms with E-state index in [2.05, 4.69) is 44.8 Å². The van der Waals surface area contributed by atoms with Gasteiger partial charge in [0.05, 0.1) is 5.75 Å². The fourth-order valence-corrected chi connectivity index (χ4v) is 4.24. The molecule has 4 nitrogen and oxygen atoms in total. The second-order valence-corrected chi connectivity index (χ2v) is 10.1. The Morgan fingerprint density at radius 2 is 1.86 bits per heavy atom. The molecule has 126 valence electrons. The van der Waals surface area contributed by atoms with Crippen molar-refractivity contribution < 1.29 is 8.42 Å². The third kappa shape index (κ3) is 5.22. The summed E-state index contributed by atoms with van der Waals surface area (Å²) >= 11 is 0. The lowest BCUT2D eigenvalue weighted by atomic mass is 9.82. The van der Waals surface area contributed by atoms with Crippen molar-refractivity contribution in [3.8, 4) is 0 Å². The Kier molecular flexibility index (Phi) is 6.28. The van der Waals surface area contributed by atoms with Gasteiger partial charge in [0.1, 0.15) is 0 Å². The van der Waals surface area contributed by atoms with Gasteiger partial charge in [-0.25, -0.2) is 8.42 Å². The Morgan fingerprint density at radius 3 is 2.33 bits per heavy atom. The van der Waals surface area contributed by atoms with E-state index in [1.54, 1.807) is 0 Å². The molecule has 1 fully saturated rings. The Hall–Kier alpha value is -0.130. The van der Waals surface area contributed by atoms with Gasteiger partial charge in [-0.2, -0.15) is 0 Å². The highest BCUT2D eigenvalue weighted by Crippen LogP contribution is 2.29. The summed E-state index contributed by atoms with van der Waals surface area (Å²) < 4.78 is 24.0. The molecule has 0 radical (unpaired) electrons. The zero-order valence-corrected chi connectivity index (χ0v) is 15.5. The molecular weight excluding hydrogens is 284 g/mol. The number of piperazine rings is 1. The van der Waals surface area contributed by atoms with Crippen LogP contribution in [0.15, 0.2) is 0 Å². The fourth-order valence-electron chi connectivity index (χ4n) is 2.91. The van der Waals surface area contributed by atoms with E-state index >= 15 is 0 Å². The fraction of sp³-hybridized carbons (Fsp3) is 1.00. The maximum Gasteiger partial charge on any atom is 0.151 e. The van der Waals surface area contributed by atoms with Crippen molar-refractivity contribution in [1.82, 2.24) is 10.2 Å². The predicted octanol–water partition coefficient (Wildman–Crippen LogP) is 2.30. The second kappa shape index (κ2) is 6.97. The molecule has 1 aliphatic heterocycles. The van der Waals surface area contributed by atoms with Crippen LogP contribution in [0.1, 0.15) is 54.4 Å². The summed E-state index contributed by atoms with van der Waals surface area (Å²) in [5.41, 5.74) is 0.249. The number of nitrogens with one attached hydrogen (secondary N) is 1. The number of nitrogens with zero attached hydrogens (tertiary/aromatic N) is 1. The van der Waals surface area contributed by atoms with Crippen molar-refractivity contribution in [2.75, 3.05) is 31.1 Å². The van der Waals surface area contributed by atoms with Gasteiger partial charge in [0, 0.05) is 37.0 Å². The lowest BCUT2D eigenvalue weighted by Gasteiger charge is -2.51. The van der Waals surface area contributed by atoms with Crippen molar-refractivity contribution in [3.63, 3.8) is 0 Å². The van der Waals surface area contributed by atoms with Crippen LogP contribution in [0.5, 0.6) is 0 Å². The van der Waals surface area contributed by atoms with Crippen LogP contribution < -0.4 is 5.32 Å². The largest absolute Gasteiger partial charge is 0.310 e. The summed E-state index contributed by atoms with van der Waals surface area (Å²) in [4.78, 5) is 2.40. The molecule has 0 aromatic rings. The van der Waals surface area contributed by atoms with Crippen LogP contribution in [0.3, 0.4) is 0 Å². The lowest BCUT2D eigenvalue weighted by molar-refractivity contribution is 0.0271. The third-order valence-electron chi connectivity index (χ3n) is 4.89. The minimum atomic E-state index is -2.90. The minimum Gasteiger partial charge on any atom is -0.310 e. The van der Waals surface area contributed by atoms with Crippen LogP contribution in [0.4, 0.5) is 0 Å². The molecule has 0 spiro atoms. The van der Waals surface area contributed by atoms with Gasteiger partial charge in [0.2, 0.25) is 0 Å². The molecule has 0 bridgehead atoms. The molecular formula is C16H34N2O2S. The molecule has 1 saturated heterocycles. The van der Waals surface area contributed by atoms with Gasteiger partial charge in [-0.1, -0.05) is 34.6 Å². The normalized spacial score (nSPS) is 28.8. The molecule has 2 unspecified atom stereocenters. The van der Waals surface area contributed by atoms with Crippen molar-refractivity contribution in [2.24, 2.45) is 5.41 Å². The highest BCUT2D eigenvalue weighted by atomic mass is 32.2. The summed E-state index contributed by atoms with van der Waals surface area (Å²) in [6.45, 7) is 15.6. The number of rotatable bonds is 6. The average Bonchev–Trinajstić information content (AvgIpc) is 2.36. The monoisotopic (exact) mass is 318 g/mol. The zero-order chi connectivity index (χ0) is 16.3. The van der Waals surface area contributed by atoms with Crippen molar-refractivity contribution in [2.45, 2.75) is 66.0 Å². The molecule has 1 rings (SSSR count). The molecule has 0 aromatic heterocycles. The summed E-state index contributed by atoms with van der Waals surface area (Å²) in [6.07, 6.45) is 1.74. The second-order valence-electron chi connectivity index (χ2n) is 7.75. The molecule has 5 heteroatoms. The Balaban J connectivity index is 2.78. The molecule has 1 heterocycles. The van der Waals surface area contributed by atoms with Gasteiger partial charge in [0.25, 0.3) is 0 Å². The molecule has 0 aliphatic carbocycles. The van der Waals surface area contributed by atoms with E-state index in [0.717, 1.165) is 19.5 Å². The summed E-state index contributed by atoms with van der Waals surface area (Å²) in [5.74, 6) is 0.595. The van der Waals surface area contributed by atoms with Crippen LogP contribution >= 0.6 is 0 Å². The number of hydrogen-bond acceptors (Lipinski definition) is 4. The van der Waals surface area contributed by atoms with E-state index in [9.17, 15) is 8.42 Å². The lowest BCUT2D eigenvalue weighted by Crippen LogP contribution is -2.66. The quantitative estimate of drug-likeness (QED) is 0.816. The number of sulfone groups is 1. The molecule has 21 heavy (non-hydrogen) atoms. The Bertz CT molecular complexity index is 428. The molecule has 0 amide bonds. The van der Waals surface area contributed by atoms with E-state index in [0.29, 0.717) is 24.8 Å². The Morgan fingerprint density at radius 1 is 1.24 bits per heavy atom. The van der Waals surface area contributed by atoms with E-state index in [-0.39, 0.29) is 16.7 Å². The van der Waals surface area contributed by atoms with Crippen LogP contribution in [0.25, 0.3) is 0 Å². The van der Waals surface area contributed by atoms with Crippen molar-refractivity contribution in [3.05, 3.63) is 0 Å². The van der Waals surface area contributed by atoms with Gasteiger partial charge >= 0.3 is 0 Å². The summed E-state index contributed by atoms with van der Waals surface area (Å²) in [5, 5.41) is 3.66. The maximum atomic E-state index is 12.0. The van der Waals surface area contributed by atoms with Crippen LogP contribution in [-0.2, 0) is 9.84 Å². The first-order valence-corrected chi connectivity index (χ1v) is 10.0. The topological polar surface area (TPSA) is 49.4 Å². The maximum absolute atomic E-state index is 12.0. The van der Waals surface area contributed by atoms with Crippen LogP contribution in [0.2, 0.25) is 0 Å². The predicted molar refractivity (Wildman–Crippen MR) is 90.5 cm³/mol. The minimum absolute atomic E-state index is 0.0590. The average molecular weight is 319 g/mol. The number of hydrogen-bond donors (Lipinski definition) is 1. The third-order valence-corrected chi connectivity index (χ3v) is 6.72. The van der Waals surface area contributed by atoms with Gasteiger partial charge < -0.3 is 5.32 Å². The standard InChI is InChI=1S/C16H34N2O2S/c1-7-10-21(19,20)11-9-18-12-14(15(3,4)5)17-13-16(18,6)8-2/h14,17H,7-13H2,1-6H3. The molecule has 2 atom stereocenters. The van der Waals surface area contributed by atoms with Gasteiger partial charge in [0.15, 0.2) is 9.84 Å². The summed E-state index contributed by atoms with van der Waals surface area (Å²) in [6, 6.07) is 0.408. The highest BCUT2D eigenvalue weighted by molar-refractivity contribution is 7.91. The molecule has 0 saturated carbocycles. The van der Waals surface area contributed by atoms with Crippen LogP contribution in [0, 0.1) is 5.41 Å². The first-order chi connectivity index (χ1) is 9.54. The van der Waals surface area contributed by atoms with E-state index in [1.165, 1.54) is 0 Å². The zero-order valence-electron chi connectivity index (χ0n) is 14.7. The SMILES string of the molecule is CCCS(=O)(=O)CCN1CC(C(C)(C)C)NCC1(C)CC. The van der Waals surface area contributed by atoms with Crippen molar-refractivity contribution >= 4 is 9.84 Å². The molecule has 1 N–H and O–H groups in total. The van der Waals surface area contributed by atoms with E-state index in [1.807, 2.05) is 6.92 Å². The van der Waals surface area contributed by atoms with Gasteiger partial charge in [-0.05, 0) is 25.2 Å². The highest BCUT2D eigenvalue weighted by Gasteiger charge is 2.40. The Labute approximate surface area is 131 Å². The summed E-state index contributed by atoms with van der Waals surface area (Å²) in [7, 11) is -2.90. The molecule has 0 aromatic carbocycles. The van der Waals surface area contributed by atoms with E-state index in [4.69, 9.17) is 0 Å². The van der Waals surface area contributed by atoms with Crippen LogP contribution in [-0.4, -0.2) is 56.0 Å². The van der Waals surface area contributed by atoms with Gasteiger partial charge in [-0.15, -0.1) is 0 Å².